The van der Waals surface area contributed by atoms with Gasteiger partial charge in [0, 0.05) is 29.7 Å². The lowest BCUT2D eigenvalue weighted by molar-refractivity contribution is -0.137. The van der Waals surface area contributed by atoms with Gasteiger partial charge in [-0.2, -0.15) is 13.2 Å². The average molecular weight is 602 g/mol. The molecule has 3 unspecified atom stereocenters. The van der Waals surface area contributed by atoms with Crippen LogP contribution in [-0.4, -0.2) is 48.7 Å². The molecule has 0 bridgehead atoms. The summed E-state index contributed by atoms with van der Waals surface area (Å²) < 4.78 is 47.0. The maximum atomic E-state index is 13.2. The maximum absolute atomic E-state index is 13.2. The van der Waals surface area contributed by atoms with Gasteiger partial charge in [-0.25, -0.2) is 15.0 Å². The van der Waals surface area contributed by atoms with E-state index in [1.165, 1.54) is 19.2 Å². The summed E-state index contributed by atoms with van der Waals surface area (Å²) in [5, 5.41) is 2.41. The van der Waals surface area contributed by atoms with Gasteiger partial charge in [-0.05, 0) is 74.8 Å². The number of anilines is 2. The third kappa shape index (κ3) is 3.66. The van der Waals surface area contributed by atoms with Gasteiger partial charge < -0.3 is 20.7 Å². The standard InChI is InChI=1S/C31H26F3N7O3/c1-3-4-23(42)41-29-10-7-18(29)8-11-30(29,41)28-39-24(25-26(35)37-13-14-40(25)28)20-6-5-17(15-21(20)44-2)27(43)38-22-16-19(9-12-36-22)31(32,33)34/h5-6,9,12-16,18H,7-8,10-11H2,1-2H3,(H2,35,37)(H,36,38,43). The Balaban J connectivity index is 1.29. The SMILES string of the molecule is CC#CC(=O)N1C2(c3nc(-c4ccc(C(=O)Nc5cc(C(F)(F)F)ccn5)cc4OC)c4c(N)nccn34)CCC3CCC312. The number of likely N-dealkylation sites (tertiary alicyclic amines) is 1. The second-order valence-electron chi connectivity index (χ2n) is 11.2. The zero-order valence-corrected chi connectivity index (χ0v) is 23.7. The van der Waals surface area contributed by atoms with E-state index < -0.39 is 23.2 Å². The first-order chi connectivity index (χ1) is 21.1. The average Bonchev–Trinajstić information content (AvgIpc) is 3.34. The third-order valence-corrected chi connectivity index (χ3v) is 9.29. The van der Waals surface area contributed by atoms with Crippen molar-refractivity contribution in [1.29, 1.82) is 0 Å². The number of imidazole rings is 1. The zero-order valence-electron chi connectivity index (χ0n) is 23.7. The van der Waals surface area contributed by atoms with E-state index in [2.05, 4.69) is 27.1 Å². The predicted molar refractivity (Wildman–Crippen MR) is 153 cm³/mol. The molecule has 224 valence electrons. The molecule has 1 saturated heterocycles. The zero-order chi connectivity index (χ0) is 31.0. The van der Waals surface area contributed by atoms with Crippen molar-refractivity contribution in [3.63, 3.8) is 0 Å². The normalized spacial score (nSPS) is 23.2. The van der Waals surface area contributed by atoms with E-state index in [9.17, 15) is 22.8 Å². The molecule has 3 aromatic heterocycles. The molecule has 7 rings (SSSR count). The highest BCUT2D eigenvalue weighted by Crippen LogP contribution is 2.77. The van der Waals surface area contributed by atoms with Gasteiger partial charge in [-0.15, -0.1) is 0 Å². The number of nitrogens with two attached hydrogens (primary N) is 1. The summed E-state index contributed by atoms with van der Waals surface area (Å²) in [6, 6.07) is 6.20. The van der Waals surface area contributed by atoms with Crippen LogP contribution in [0.2, 0.25) is 0 Å². The number of aromatic nitrogens is 4. The number of halogens is 3. The summed E-state index contributed by atoms with van der Waals surface area (Å²) in [5.41, 5.74) is 6.16. The molecule has 2 saturated carbocycles. The molecule has 13 heteroatoms. The second kappa shape index (κ2) is 9.44. The van der Waals surface area contributed by atoms with E-state index in [0.717, 1.165) is 44.0 Å². The van der Waals surface area contributed by atoms with Crippen LogP contribution in [0.4, 0.5) is 24.8 Å². The molecule has 2 aliphatic carbocycles. The van der Waals surface area contributed by atoms with Gasteiger partial charge in [-0.3, -0.25) is 14.0 Å². The van der Waals surface area contributed by atoms with Crippen LogP contribution in [0, 0.1) is 17.8 Å². The summed E-state index contributed by atoms with van der Waals surface area (Å²) in [4.78, 5) is 41.4. The minimum absolute atomic E-state index is 0.127. The first-order valence-electron chi connectivity index (χ1n) is 14.0. The molecule has 1 spiro atoms. The molecule has 1 aliphatic heterocycles. The number of amides is 2. The van der Waals surface area contributed by atoms with Crippen LogP contribution in [-0.2, 0) is 16.5 Å². The number of fused-ring (bicyclic) bond motifs is 1. The Kier molecular flexibility index (Phi) is 5.94. The lowest BCUT2D eigenvalue weighted by Gasteiger charge is -2.34. The van der Waals surface area contributed by atoms with Crippen molar-refractivity contribution in [3.8, 4) is 28.8 Å². The monoisotopic (exact) mass is 601 g/mol. The smallest absolute Gasteiger partial charge is 0.416 e. The number of ether oxygens (including phenoxy) is 1. The quantitative estimate of drug-likeness (QED) is 0.252. The number of nitrogen functional groups attached to an aromatic ring is 1. The van der Waals surface area contributed by atoms with Crippen molar-refractivity contribution >= 4 is 29.0 Å². The molecule has 3 aliphatic rings. The van der Waals surface area contributed by atoms with Crippen molar-refractivity contribution in [2.24, 2.45) is 5.92 Å². The molecule has 10 nitrogen and oxygen atoms in total. The van der Waals surface area contributed by atoms with Crippen molar-refractivity contribution < 1.29 is 27.5 Å². The number of nitrogens with zero attached hydrogens (tertiary/aromatic N) is 5. The van der Waals surface area contributed by atoms with E-state index in [1.807, 2.05) is 9.30 Å². The number of piperidine rings is 1. The highest BCUT2D eigenvalue weighted by atomic mass is 19.4. The fourth-order valence-corrected chi connectivity index (χ4v) is 7.39. The van der Waals surface area contributed by atoms with Crippen LogP contribution < -0.4 is 15.8 Å². The van der Waals surface area contributed by atoms with Crippen molar-refractivity contribution in [3.05, 3.63) is 65.9 Å². The first-order valence-corrected chi connectivity index (χ1v) is 14.0. The van der Waals surface area contributed by atoms with E-state index in [-0.39, 0.29) is 34.4 Å². The summed E-state index contributed by atoms with van der Waals surface area (Å²) in [7, 11) is 1.43. The Morgan fingerprint density at radius 2 is 1.93 bits per heavy atom. The van der Waals surface area contributed by atoms with Gasteiger partial charge in [0.25, 0.3) is 11.8 Å². The number of carbonyl (C=O) groups excluding carboxylic acids is 2. The minimum Gasteiger partial charge on any atom is -0.496 e. The highest BCUT2D eigenvalue weighted by molar-refractivity contribution is 6.05. The largest absolute Gasteiger partial charge is 0.496 e. The lowest BCUT2D eigenvalue weighted by Crippen LogP contribution is -2.39. The van der Waals surface area contributed by atoms with Gasteiger partial charge in [0.05, 0.1) is 18.2 Å². The first kappa shape index (κ1) is 27.7. The van der Waals surface area contributed by atoms with E-state index in [0.29, 0.717) is 28.5 Å². The Morgan fingerprint density at radius 1 is 1.14 bits per heavy atom. The number of hydrogen-bond acceptors (Lipinski definition) is 7. The summed E-state index contributed by atoms with van der Waals surface area (Å²) in [6.45, 7) is 1.64. The molecule has 1 aromatic carbocycles. The number of pyridine rings is 1. The number of hydrogen-bond donors (Lipinski definition) is 2. The van der Waals surface area contributed by atoms with Crippen LogP contribution in [0.25, 0.3) is 16.8 Å². The predicted octanol–water partition coefficient (Wildman–Crippen LogP) is 4.66. The van der Waals surface area contributed by atoms with Crippen LogP contribution in [0.5, 0.6) is 5.75 Å². The molecular formula is C31H26F3N7O3. The van der Waals surface area contributed by atoms with Crippen LogP contribution >= 0.6 is 0 Å². The third-order valence-electron chi connectivity index (χ3n) is 9.29. The number of carbonyl (C=O) groups is 2. The van der Waals surface area contributed by atoms with Crippen LogP contribution in [0.15, 0.2) is 48.9 Å². The molecular weight excluding hydrogens is 575 g/mol. The number of benzene rings is 1. The second-order valence-corrected chi connectivity index (χ2v) is 11.2. The Bertz CT molecular complexity index is 1950. The number of methoxy groups -OCH3 is 1. The fraction of sp³-hybridized carbons (Fsp3) is 0.323. The van der Waals surface area contributed by atoms with Gasteiger partial charge in [0.15, 0.2) is 0 Å². The van der Waals surface area contributed by atoms with Gasteiger partial charge >= 0.3 is 6.18 Å². The number of rotatable bonds is 5. The number of nitrogens with one attached hydrogen (secondary N) is 1. The molecule has 3 fully saturated rings. The maximum Gasteiger partial charge on any atom is 0.416 e. The minimum atomic E-state index is -4.58. The van der Waals surface area contributed by atoms with Crippen LogP contribution in [0.1, 0.15) is 54.4 Å². The topological polar surface area (TPSA) is 128 Å². The Hall–Kier alpha value is -5.12. The molecule has 44 heavy (non-hydrogen) atoms. The Labute approximate surface area is 249 Å². The molecule has 2 amide bonds. The van der Waals surface area contributed by atoms with Crippen molar-refractivity contribution in [2.45, 2.75) is 49.9 Å². The number of alkyl halides is 3. The van der Waals surface area contributed by atoms with Crippen molar-refractivity contribution in [1.82, 2.24) is 24.3 Å². The fourth-order valence-electron chi connectivity index (χ4n) is 7.39. The molecule has 4 heterocycles. The van der Waals surface area contributed by atoms with Crippen molar-refractivity contribution in [2.75, 3.05) is 18.2 Å². The van der Waals surface area contributed by atoms with Gasteiger partial charge in [0.2, 0.25) is 0 Å². The highest BCUT2D eigenvalue weighted by Gasteiger charge is 2.87. The molecule has 4 aromatic rings. The molecule has 3 N–H and O–H groups in total. The summed E-state index contributed by atoms with van der Waals surface area (Å²) in [5.74, 6) is 5.86. The van der Waals surface area contributed by atoms with E-state index >= 15 is 0 Å². The van der Waals surface area contributed by atoms with E-state index in [1.54, 1.807) is 25.4 Å². The van der Waals surface area contributed by atoms with Gasteiger partial charge in [0.1, 0.15) is 40.0 Å². The molecule has 3 atom stereocenters. The lowest BCUT2D eigenvalue weighted by atomic mass is 9.71. The van der Waals surface area contributed by atoms with E-state index in [4.69, 9.17) is 15.5 Å². The summed E-state index contributed by atoms with van der Waals surface area (Å²) >= 11 is 0. The molecule has 0 radical (unpaired) electrons. The Morgan fingerprint density at radius 3 is 2.64 bits per heavy atom. The summed E-state index contributed by atoms with van der Waals surface area (Å²) in [6.07, 6.45) is 3.38. The van der Waals surface area contributed by atoms with Gasteiger partial charge in [-0.1, -0.05) is 5.92 Å². The van der Waals surface area contributed by atoms with Crippen LogP contribution in [0.3, 0.4) is 0 Å².